The molecule has 1 aromatic carbocycles. The van der Waals surface area contributed by atoms with E-state index in [1.165, 1.54) is 18.3 Å². The highest BCUT2D eigenvalue weighted by Gasteiger charge is 2.10. The maximum atomic E-state index is 12.9. The van der Waals surface area contributed by atoms with Gasteiger partial charge in [0.1, 0.15) is 5.82 Å². The van der Waals surface area contributed by atoms with Crippen LogP contribution in [0, 0.1) is 5.82 Å². The van der Waals surface area contributed by atoms with Gasteiger partial charge < -0.3 is 0 Å². The van der Waals surface area contributed by atoms with Crippen LogP contribution in [-0.4, -0.2) is 19.7 Å². The molecule has 0 saturated carbocycles. The fourth-order valence-corrected chi connectivity index (χ4v) is 2.06. The van der Waals surface area contributed by atoms with Crippen LogP contribution in [0.2, 0.25) is 10.3 Å². The molecule has 0 fully saturated rings. The van der Waals surface area contributed by atoms with Crippen molar-refractivity contribution in [2.75, 3.05) is 0 Å². The summed E-state index contributed by atoms with van der Waals surface area (Å²) in [6.45, 7) is 0. The molecule has 0 aliphatic heterocycles. The molecule has 0 radical (unpaired) electrons. The maximum absolute atomic E-state index is 12.9. The molecule has 2 heterocycles. The summed E-state index contributed by atoms with van der Waals surface area (Å²) < 4.78 is 14.5. The van der Waals surface area contributed by atoms with Crippen molar-refractivity contribution in [2.45, 2.75) is 0 Å². The lowest BCUT2D eigenvalue weighted by molar-refractivity contribution is 0.627. The second kappa shape index (κ2) is 5.19. The lowest BCUT2D eigenvalue weighted by atomic mass is 10.2. The molecule has 0 amide bonds. The Morgan fingerprint density at radius 1 is 1.05 bits per heavy atom. The molecule has 0 atom stereocenters. The Bertz CT molecular complexity index is 755. The van der Waals surface area contributed by atoms with Gasteiger partial charge in [-0.15, -0.1) is 0 Å². The first-order valence-corrected chi connectivity index (χ1v) is 6.38. The number of aromatic nitrogens is 4. The van der Waals surface area contributed by atoms with E-state index in [1.54, 1.807) is 29.2 Å². The fourth-order valence-electron chi connectivity index (χ4n) is 1.73. The molecule has 0 spiro atoms. The molecule has 20 heavy (non-hydrogen) atoms. The Morgan fingerprint density at radius 3 is 2.55 bits per heavy atom. The summed E-state index contributed by atoms with van der Waals surface area (Å²) in [6, 6.07) is 5.98. The molecule has 2 aromatic heterocycles. The van der Waals surface area contributed by atoms with Gasteiger partial charge in [-0.2, -0.15) is 5.10 Å². The van der Waals surface area contributed by atoms with E-state index in [4.69, 9.17) is 23.2 Å². The second-order valence-electron chi connectivity index (χ2n) is 3.99. The molecule has 0 N–H and O–H groups in total. The Labute approximate surface area is 123 Å². The zero-order valence-corrected chi connectivity index (χ0v) is 11.5. The van der Waals surface area contributed by atoms with Gasteiger partial charge in [0.2, 0.25) is 5.28 Å². The first kappa shape index (κ1) is 13.0. The summed E-state index contributed by atoms with van der Waals surface area (Å²) in [6.07, 6.45) is 4.77. The van der Waals surface area contributed by atoms with Gasteiger partial charge in [-0.1, -0.05) is 11.6 Å². The monoisotopic (exact) mass is 308 g/mol. The van der Waals surface area contributed by atoms with Crippen molar-refractivity contribution in [2.24, 2.45) is 0 Å². The summed E-state index contributed by atoms with van der Waals surface area (Å²) in [5.74, 6) is -0.299. The molecule has 4 nitrogen and oxygen atoms in total. The van der Waals surface area contributed by atoms with Gasteiger partial charge >= 0.3 is 0 Å². The summed E-state index contributed by atoms with van der Waals surface area (Å²) in [4.78, 5) is 7.87. The van der Waals surface area contributed by atoms with Crippen LogP contribution in [0.15, 0.2) is 42.9 Å². The van der Waals surface area contributed by atoms with Crippen LogP contribution in [0.25, 0.3) is 16.9 Å². The standard InChI is InChI=1S/C13H7Cl2FN4/c14-11-6-17-13(15)19-12(11)8-5-18-20(7-8)10-3-1-9(16)2-4-10/h1-7H. The average molecular weight is 309 g/mol. The van der Waals surface area contributed by atoms with Crippen LogP contribution in [-0.2, 0) is 0 Å². The smallest absolute Gasteiger partial charge is 0.222 e. The number of hydrogen-bond donors (Lipinski definition) is 0. The topological polar surface area (TPSA) is 43.6 Å². The van der Waals surface area contributed by atoms with Crippen LogP contribution in [0.1, 0.15) is 0 Å². The highest BCUT2D eigenvalue weighted by atomic mass is 35.5. The minimum absolute atomic E-state index is 0.110. The SMILES string of the molecule is Fc1ccc(-n2cc(-c3nc(Cl)ncc3Cl)cn2)cc1. The summed E-state index contributed by atoms with van der Waals surface area (Å²) in [7, 11) is 0. The number of benzene rings is 1. The molecule has 100 valence electrons. The van der Waals surface area contributed by atoms with Crippen molar-refractivity contribution in [3.05, 3.63) is 59.0 Å². The summed E-state index contributed by atoms with van der Waals surface area (Å²) >= 11 is 11.8. The lowest BCUT2D eigenvalue weighted by Crippen LogP contribution is -1.93. The first-order chi connectivity index (χ1) is 9.63. The second-order valence-corrected chi connectivity index (χ2v) is 4.73. The van der Waals surface area contributed by atoms with Crippen LogP contribution in [0.3, 0.4) is 0 Å². The van der Waals surface area contributed by atoms with Gasteiger partial charge in [-0.3, -0.25) is 0 Å². The third kappa shape index (κ3) is 2.50. The molecular formula is C13H7Cl2FN4. The zero-order valence-electron chi connectivity index (χ0n) is 9.96. The van der Waals surface area contributed by atoms with E-state index in [0.717, 1.165) is 5.69 Å². The summed E-state index contributed by atoms with van der Waals surface area (Å²) in [5, 5.41) is 4.69. The minimum Gasteiger partial charge on any atom is -0.240 e. The molecule has 0 unspecified atom stereocenters. The highest BCUT2D eigenvalue weighted by Crippen LogP contribution is 2.26. The molecule has 0 saturated heterocycles. The van der Waals surface area contributed by atoms with Gasteiger partial charge in [0.15, 0.2) is 0 Å². The predicted octanol–water partition coefficient (Wildman–Crippen LogP) is 3.78. The Morgan fingerprint density at radius 2 is 1.80 bits per heavy atom. The minimum atomic E-state index is -0.299. The third-order valence-corrected chi connectivity index (χ3v) is 3.12. The van der Waals surface area contributed by atoms with Crippen LogP contribution >= 0.6 is 23.2 Å². The van der Waals surface area contributed by atoms with Crippen molar-refractivity contribution in [1.29, 1.82) is 0 Å². The van der Waals surface area contributed by atoms with E-state index in [1.807, 2.05) is 0 Å². The van der Waals surface area contributed by atoms with Gasteiger partial charge in [0.25, 0.3) is 0 Å². The maximum Gasteiger partial charge on any atom is 0.222 e. The normalized spacial score (nSPS) is 10.8. The predicted molar refractivity (Wildman–Crippen MR) is 74.6 cm³/mol. The molecular weight excluding hydrogens is 302 g/mol. The van der Waals surface area contributed by atoms with Crippen molar-refractivity contribution >= 4 is 23.2 Å². The van der Waals surface area contributed by atoms with Crippen molar-refractivity contribution < 1.29 is 4.39 Å². The molecule has 0 bridgehead atoms. The Balaban J connectivity index is 2.01. The van der Waals surface area contributed by atoms with E-state index >= 15 is 0 Å². The number of hydrogen-bond acceptors (Lipinski definition) is 3. The zero-order chi connectivity index (χ0) is 14.1. The molecule has 7 heteroatoms. The van der Waals surface area contributed by atoms with Crippen LogP contribution < -0.4 is 0 Å². The van der Waals surface area contributed by atoms with Crippen LogP contribution in [0.5, 0.6) is 0 Å². The number of nitrogens with zero attached hydrogens (tertiary/aromatic N) is 4. The van der Waals surface area contributed by atoms with E-state index in [0.29, 0.717) is 16.3 Å². The van der Waals surface area contributed by atoms with E-state index in [2.05, 4.69) is 15.1 Å². The van der Waals surface area contributed by atoms with E-state index < -0.39 is 0 Å². The van der Waals surface area contributed by atoms with Crippen molar-refractivity contribution in [3.63, 3.8) is 0 Å². The van der Waals surface area contributed by atoms with E-state index in [-0.39, 0.29) is 11.1 Å². The van der Waals surface area contributed by atoms with Crippen molar-refractivity contribution in [3.8, 4) is 16.9 Å². The lowest BCUT2D eigenvalue weighted by Gasteiger charge is -2.01. The molecule has 3 rings (SSSR count). The Kier molecular flexibility index (Phi) is 3.38. The molecule has 0 aliphatic carbocycles. The fraction of sp³-hybridized carbons (Fsp3) is 0. The van der Waals surface area contributed by atoms with E-state index in [9.17, 15) is 4.39 Å². The first-order valence-electron chi connectivity index (χ1n) is 5.62. The van der Waals surface area contributed by atoms with Gasteiger partial charge in [0, 0.05) is 11.8 Å². The quantitative estimate of drug-likeness (QED) is 0.677. The van der Waals surface area contributed by atoms with Gasteiger partial charge in [-0.05, 0) is 35.9 Å². The third-order valence-electron chi connectivity index (χ3n) is 2.66. The number of rotatable bonds is 2. The Hall–Kier alpha value is -1.98. The largest absolute Gasteiger partial charge is 0.240 e. The van der Waals surface area contributed by atoms with Gasteiger partial charge in [-0.25, -0.2) is 19.0 Å². The summed E-state index contributed by atoms with van der Waals surface area (Å²) in [5.41, 5.74) is 1.93. The van der Waals surface area contributed by atoms with Crippen LogP contribution in [0.4, 0.5) is 4.39 Å². The van der Waals surface area contributed by atoms with Crippen molar-refractivity contribution in [1.82, 2.24) is 19.7 Å². The number of halogens is 3. The average Bonchev–Trinajstić information content (AvgIpc) is 2.92. The molecule has 3 aromatic rings. The molecule has 0 aliphatic rings. The van der Waals surface area contributed by atoms with Gasteiger partial charge in [0.05, 0.1) is 28.8 Å². The highest BCUT2D eigenvalue weighted by molar-refractivity contribution is 6.33.